The number of hydrogen-bond donors (Lipinski definition) is 2. The Balaban J connectivity index is 2.24. The number of aromatic nitrogens is 4. The standard InChI is InChI=1S/C6H12N6O/c1-7-6(13)8-4-3-5-9-11-12(2)10-5/h3-4H2,1-2H3,(H2,7,8,13). The lowest BCUT2D eigenvalue weighted by Crippen LogP contribution is -2.34. The zero-order valence-electron chi connectivity index (χ0n) is 7.61. The number of carbonyl (C=O) groups is 1. The van der Waals surface area contributed by atoms with Crippen molar-refractivity contribution in [1.29, 1.82) is 0 Å². The zero-order chi connectivity index (χ0) is 9.68. The molecule has 1 heterocycles. The van der Waals surface area contributed by atoms with Gasteiger partial charge in [-0.05, 0) is 5.21 Å². The van der Waals surface area contributed by atoms with Crippen molar-refractivity contribution in [2.75, 3.05) is 13.6 Å². The average Bonchev–Trinajstić information content (AvgIpc) is 2.51. The molecule has 0 bridgehead atoms. The Morgan fingerprint density at radius 3 is 2.92 bits per heavy atom. The zero-order valence-corrected chi connectivity index (χ0v) is 7.61. The molecule has 1 aromatic rings. The highest BCUT2D eigenvalue weighted by Crippen LogP contribution is 1.84. The average molecular weight is 184 g/mol. The molecule has 0 aliphatic carbocycles. The van der Waals surface area contributed by atoms with Crippen LogP contribution >= 0.6 is 0 Å². The summed E-state index contributed by atoms with van der Waals surface area (Å²) >= 11 is 0. The Hall–Kier alpha value is -1.66. The Kier molecular flexibility index (Phi) is 3.18. The van der Waals surface area contributed by atoms with E-state index in [-0.39, 0.29) is 6.03 Å². The molecule has 0 aliphatic rings. The van der Waals surface area contributed by atoms with Crippen LogP contribution in [0.2, 0.25) is 0 Å². The molecule has 0 aromatic carbocycles. The molecule has 2 N–H and O–H groups in total. The van der Waals surface area contributed by atoms with Crippen LogP contribution in [0.15, 0.2) is 0 Å². The third kappa shape index (κ3) is 3.06. The Bertz CT molecular complexity index is 282. The first-order chi connectivity index (χ1) is 6.22. The second-order valence-corrected chi connectivity index (χ2v) is 2.45. The van der Waals surface area contributed by atoms with Crippen molar-refractivity contribution in [3.63, 3.8) is 0 Å². The fourth-order valence-electron chi connectivity index (χ4n) is 0.800. The minimum atomic E-state index is -0.205. The van der Waals surface area contributed by atoms with Gasteiger partial charge in [0.15, 0.2) is 5.82 Å². The highest BCUT2D eigenvalue weighted by atomic mass is 16.2. The minimum absolute atomic E-state index is 0.205. The van der Waals surface area contributed by atoms with Gasteiger partial charge in [-0.15, -0.1) is 10.2 Å². The van der Waals surface area contributed by atoms with Crippen molar-refractivity contribution in [3.8, 4) is 0 Å². The van der Waals surface area contributed by atoms with Crippen molar-refractivity contribution >= 4 is 6.03 Å². The number of urea groups is 1. The lowest BCUT2D eigenvalue weighted by atomic mass is 10.4. The van der Waals surface area contributed by atoms with Gasteiger partial charge in [0, 0.05) is 20.0 Å². The largest absolute Gasteiger partial charge is 0.341 e. The maximum Gasteiger partial charge on any atom is 0.314 e. The first kappa shape index (κ1) is 9.43. The number of tetrazole rings is 1. The molecule has 1 rings (SSSR count). The summed E-state index contributed by atoms with van der Waals surface area (Å²) < 4.78 is 0. The molecule has 0 radical (unpaired) electrons. The first-order valence-corrected chi connectivity index (χ1v) is 3.91. The van der Waals surface area contributed by atoms with Crippen LogP contribution in [0.3, 0.4) is 0 Å². The second kappa shape index (κ2) is 4.39. The van der Waals surface area contributed by atoms with Gasteiger partial charge in [0.1, 0.15) is 0 Å². The summed E-state index contributed by atoms with van der Waals surface area (Å²) in [5, 5.41) is 16.5. The van der Waals surface area contributed by atoms with Gasteiger partial charge in [-0.3, -0.25) is 0 Å². The van der Waals surface area contributed by atoms with Crippen molar-refractivity contribution in [2.24, 2.45) is 7.05 Å². The Morgan fingerprint density at radius 2 is 2.38 bits per heavy atom. The van der Waals surface area contributed by atoms with Gasteiger partial charge in [-0.1, -0.05) is 0 Å². The summed E-state index contributed by atoms with van der Waals surface area (Å²) in [6.07, 6.45) is 0.585. The summed E-state index contributed by atoms with van der Waals surface area (Å²) in [6.45, 7) is 0.505. The first-order valence-electron chi connectivity index (χ1n) is 3.91. The normalized spacial score (nSPS) is 9.69. The molecule has 0 saturated heterocycles. The number of nitrogens with zero attached hydrogens (tertiary/aromatic N) is 4. The summed E-state index contributed by atoms with van der Waals surface area (Å²) in [5.74, 6) is 0.624. The number of aryl methyl sites for hydroxylation is 1. The van der Waals surface area contributed by atoms with E-state index in [1.54, 1.807) is 14.1 Å². The molecule has 0 spiro atoms. The van der Waals surface area contributed by atoms with E-state index in [1.807, 2.05) is 0 Å². The molecule has 1 aromatic heterocycles. The molecule has 2 amide bonds. The molecule has 72 valence electrons. The lowest BCUT2D eigenvalue weighted by Gasteiger charge is -2.00. The molecule has 0 saturated carbocycles. The molecular formula is C6H12N6O. The van der Waals surface area contributed by atoms with Crippen molar-refractivity contribution in [3.05, 3.63) is 5.82 Å². The fourth-order valence-corrected chi connectivity index (χ4v) is 0.800. The van der Waals surface area contributed by atoms with Crippen LogP contribution in [0.25, 0.3) is 0 Å². The van der Waals surface area contributed by atoms with Gasteiger partial charge < -0.3 is 10.6 Å². The molecule has 13 heavy (non-hydrogen) atoms. The molecular weight excluding hydrogens is 172 g/mol. The fraction of sp³-hybridized carbons (Fsp3) is 0.667. The predicted molar refractivity (Wildman–Crippen MR) is 45.0 cm³/mol. The Labute approximate surface area is 75.5 Å². The van der Waals surface area contributed by atoms with E-state index in [9.17, 15) is 4.79 Å². The van der Waals surface area contributed by atoms with E-state index in [0.717, 1.165) is 0 Å². The highest BCUT2D eigenvalue weighted by molar-refractivity contribution is 5.73. The van der Waals surface area contributed by atoms with Crippen molar-refractivity contribution in [2.45, 2.75) is 6.42 Å². The van der Waals surface area contributed by atoms with Crippen LogP contribution in [0.1, 0.15) is 5.82 Å². The van der Waals surface area contributed by atoms with Crippen molar-refractivity contribution in [1.82, 2.24) is 30.8 Å². The number of amides is 2. The van der Waals surface area contributed by atoms with Gasteiger partial charge in [-0.25, -0.2) is 4.79 Å². The number of carbonyl (C=O) groups excluding carboxylic acids is 1. The number of hydrogen-bond acceptors (Lipinski definition) is 4. The van der Waals surface area contributed by atoms with Crippen molar-refractivity contribution < 1.29 is 4.79 Å². The van der Waals surface area contributed by atoms with E-state index < -0.39 is 0 Å². The van der Waals surface area contributed by atoms with Crippen LogP contribution in [0.5, 0.6) is 0 Å². The maximum absolute atomic E-state index is 10.7. The van der Waals surface area contributed by atoms with Gasteiger partial charge in [0.25, 0.3) is 0 Å². The summed E-state index contributed by atoms with van der Waals surface area (Å²) in [7, 11) is 3.26. The topological polar surface area (TPSA) is 84.7 Å². The smallest absolute Gasteiger partial charge is 0.314 e. The molecule has 7 heteroatoms. The molecule has 0 unspecified atom stereocenters. The van der Waals surface area contributed by atoms with Crippen LogP contribution in [0, 0.1) is 0 Å². The second-order valence-electron chi connectivity index (χ2n) is 2.45. The molecule has 0 fully saturated rings. The molecule has 7 nitrogen and oxygen atoms in total. The van der Waals surface area contributed by atoms with Gasteiger partial charge in [-0.2, -0.15) is 4.80 Å². The molecule has 0 atom stereocenters. The number of rotatable bonds is 3. The quantitative estimate of drug-likeness (QED) is 0.610. The predicted octanol–water partition coefficient (Wildman–Crippen LogP) is -1.32. The third-order valence-corrected chi connectivity index (χ3v) is 1.41. The van der Waals surface area contributed by atoms with Gasteiger partial charge in [0.2, 0.25) is 0 Å². The number of nitrogens with one attached hydrogen (secondary N) is 2. The maximum atomic E-state index is 10.7. The van der Waals surface area contributed by atoms with E-state index in [1.165, 1.54) is 4.80 Å². The lowest BCUT2D eigenvalue weighted by molar-refractivity contribution is 0.243. The van der Waals surface area contributed by atoms with Crippen LogP contribution < -0.4 is 10.6 Å². The van der Waals surface area contributed by atoms with Crippen LogP contribution in [-0.4, -0.2) is 39.8 Å². The van der Waals surface area contributed by atoms with E-state index in [4.69, 9.17) is 0 Å². The monoisotopic (exact) mass is 184 g/mol. The Morgan fingerprint density at radius 1 is 1.62 bits per heavy atom. The van der Waals surface area contributed by atoms with E-state index in [0.29, 0.717) is 18.8 Å². The highest BCUT2D eigenvalue weighted by Gasteiger charge is 2.00. The van der Waals surface area contributed by atoms with Crippen LogP contribution in [0.4, 0.5) is 4.79 Å². The SMILES string of the molecule is CNC(=O)NCCc1nnn(C)n1. The van der Waals surface area contributed by atoms with Gasteiger partial charge in [0.05, 0.1) is 7.05 Å². The summed E-state index contributed by atoms with van der Waals surface area (Å²) in [5.41, 5.74) is 0. The molecule has 0 aliphatic heterocycles. The third-order valence-electron chi connectivity index (χ3n) is 1.41. The van der Waals surface area contributed by atoms with Gasteiger partial charge >= 0.3 is 6.03 Å². The van der Waals surface area contributed by atoms with E-state index >= 15 is 0 Å². The summed E-state index contributed by atoms with van der Waals surface area (Å²) in [4.78, 5) is 12.1. The minimum Gasteiger partial charge on any atom is -0.341 e. The van der Waals surface area contributed by atoms with E-state index in [2.05, 4.69) is 26.0 Å². The van der Waals surface area contributed by atoms with Crippen LogP contribution in [-0.2, 0) is 13.5 Å². The summed E-state index contributed by atoms with van der Waals surface area (Å²) in [6, 6.07) is -0.205.